The number of carbonyl (C=O) groups is 2. The first-order chi connectivity index (χ1) is 9.26. The van der Waals surface area contributed by atoms with Gasteiger partial charge in [-0.2, -0.15) is 4.99 Å². The Bertz CT molecular complexity index is 392. The molecule has 0 spiro atoms. The molecule has 114 valence electrons. The van der Waals surface area contributed by atoms with Gasteiger partial charge in [-0.25, -0.2) is 0 Å². The van der Waals surface area contributed by atoms with E-state index in [0.717, 1.165) is 11.8 Å². The largest absolute Gasteiger partial charge is 0.370 e. The van der Waals surface area contributed by atoms with E-state index in [9.17, 15) is 9.59 Å². The van der Waals surface area contributed by atoms with E-state index in [4.69, 9.17) is 16.9 Å². The smallest absolute Gasteiger partial charge is 0.239 e. The molecule has 0 bridgehead atoms. The number of nitrogens with one attached hydrogen (secondary N) is 2. The third kappa shape index (κ3) is 8.35. The number of guanidine groups is 1. The van der Waals surface area contributed by atoms with E-state index < -0.39 is 0 Å². The van der Waals surface area contributed by atoms with Gasteiger partial charge < -0.3 is 21.7 Å². The number of amidine groups is 1. The summed E-state index contributed by atoms with van der Waals surface area (Å²) in [5.41, 5.74) is 10.2. The molecule has 6 N–H and O–H groups in total. The average Bonchev–Trinajstić information content (AvgIpc) is 2.31. The Kier molecular flexibility index (Phi) is 8.37. The van der Waals surface area contributed by atoms with Crippen LogP contribution in [0.15, 0.2) is 4.99 Å². The molecule has 0 aromatic heterocycles. The van der Waals surface area contributed by atoms with E-state index in [0.29, 0.717) is 6.54 Å². The lowest BCUT2D eigenvalue weighted by Crippen LogP contribution is -2.43. The van der Waals surface area contributed by atoms with Crippen molar-refractivity contribution < 1.29 is 9.59 Å². The van der Waals surface area contributed by atoms with Gasteiger partial charge in [-0.05, 0) is 20.8 Å². The number of thioether (sulfide) groups is 1. The molecule has 0 atom stereocenters. The average molecular weight is 302 g/mol. The molecule has 0 rings (SSSR count). The molecule has 9 heteroatoms. The van der Waals surface area contributed by atoms with Gasteiger partial charge in [0.1, 0.15) is 0 Å². The normalized spacial score (nSPS) is 10.0. The summed E-state index contributed by atoms with van der Waals surface area (Å²) in [5.74, 6) is -0.664. The van der Waals surface area contributed by atoms with Crippen LogP contribution in [-0.4, -0.2) is 52.7 Å². The minimum atomic E-state index is -0.244. The lowest BCUT2D eigenvalue weighted by molar-refractivity contribution is -0.134. The van der Waals surface area contributed by atoms with Crippen molar-refractivity contribution in [3.63, 3.8) is 0 Å². The highest BCUT2D eigenvalue weighted by Gasteiger charge is 2.16. The number of nitrogens with zero attached hydrogens (tertiary/aromatic N) is 2. The van der Waals surface area contributed by atoms with Gasteiger partial charge in [0.25, 0.3) is 0 Å². The van der Waals surface area contributed by atoms with Crippen molar-refractivity contribution in [3.05, 3.63) is 0 Å². The third-order valence-electron chi connectivity index (χ3n) is 2.08. The second kappa shape index (κ2) is 9.18. The zero-order valence-corrected chi connectivity index (χ0v) is 12.8. The number of hydrogen-bond acceptors (Lipinski definition) is 4. The van der Waals surface area contributed by atoms with E-state index in [1.165, 1.54) is 4.90 Å². The summed E-state index contributed by atoms with van der Waals surface area (Å²) in [6, 6.07) is 0.0285. The molecular formula is C11H22N6O2S. The molecule has 0 aliphatic heterocycles. The number of amides is 2. The van der Waals surface area contributed by atoms with Crippen molar-refractivity contribution in [1.29, 1.82) is 5.41 Å². The molecule has 0 aromatic carbocycles. The summed E-state index contributed by atoms with van der Waals surface area (Å²) < 4.78 is 0. The lowest BCUT2D eigenvalue weighted by atomic mass is 10.3. The van der Waals surface area contributed by atoms with Crippen LogP contribution in [0.5, 0.6) is 0 Å². The third-order valence-corrected chi connectivity index (χ3v) is 2.84. The van der Waals surface area contributed by atoms with E-state index in [2.05, 4.69) is 10.3 Å². The monoisotopic (exact) mass is 302 g/mol. The molecule has 20 heavy (non-hydrogen) atoms. The Morgan fingerprint density at radius 3 is 2.45 bits per heavy atom. The van der Waals surface area contributed by atoms with Crippen molar-refractivity contribution in [2.45, 2.75) is 26.8 Å². The highest BCUT2D eigenvalue weighted by Crippen LogP contribution is 2.05. The minimum Gasteiger partial charge on any atom is -0.370 e. The molecular weight excluding hydrogens is 280 g/mol. The SMILES string of the molecule is CCN(CC(=O)NC(C)C)C(=O)CSC(=N)N=C(N)N. The van der Waals surface area contributed by atoms with Crippen molar-refractivity contribution in [2.75, 3.05) is 18.8 Å². The summed E-state index contributed by atoms with van der Waals surface area (Å²) in [5, 5.41) is 9.99. The van der Waals surface area contributed by atoms with Crippen LogP contribution in [0, 0.1) is 5.41 Å². The number of likely N-dealkylation sites (N-methyl/N-ethyl adjacent to an activating group) is 1. The molecule has 0 aromatic rings. The Hall–Kier alpha value is -1.77. The number of rotatable bonds is 6. The quantitative estimate of drug-likeness (QED) is 0.380. The van der Waals surface area contributed by atoms with Crippen molar-refractivity contribution >= 4 is 34.7 Å². The maximum Gasteiger partial charge on any atom is 0.239 e. The molecule has 0 saturated heterocycles. The van der Waals surface area contributed by atoms with Crippen molar-refractivity contribution in [1.82, 2.24) is 10.2 Å². The van der Waals surface area contributed by atoms with Crippen LogP contribution in [0.3, 0.4) is 0 Å². The highest BCUT2D eigenvalue weighted by molar-refractivity contribution is 8.14. The van der Waals surface area contributed by atoms with Crippen LogP contribution in [0.4, 0.5) is 0 Å². The number of hydrogen-bond donors (Lipinski definition) is 4. The van der Waals surface area contributed by atoms with E-state index in [1.54, 1.807) is 6.92 Å². The zero-order chi connectivity index (χ0) is 15.7. The minimum absolute atomic E-state index is 0.00367. The molecule has 2 amide bonds. The predicted molar refractivity (Wildman–Crippen MR) is 81.5 cm³/mol. The van der Waals surface area contributed by atoms with Crippen LogP contribution in [-0.2, 0) is 9.59 Å². The number of nitrogens with two attached hydrogens (primary N) is 2. The Morgan fingerprint density at radius 2 is 2.00 bits per heavy atom. The van der Waals surface area contributed by atoms with Crippen molar-refractivity contribution in [2.24, 2.45) is 16.5 Å². The fourth-order valence-electron chi connectivity index (χ4n) is 1.29. The fourth-order valence-corrected chi connectivity index (χ4v) is 1.90. The number of carbonyl (C=O) groups excluding carboxylic acids is 2. The standard InChI is InChI=1S/C11H22N6O2S/c1-4-17(5-8(18)15-7(2)3)9(19)6-20-11(14)16-10(12)13/h7H,4-6H2,1-3H3,(H,15,18)(H5,12,13,14,16). The molecule has 0 heterocycles. The summed E-state index contributed by atoms with van der Waals surface area (Å²) in [7, 11) is 0. The zero-order valence-electron chi connectivity index (χ0n) is 12.0. The maximum atomic E-state index is 11.9. The van der Waals surface area contributed by atoms with Crippen molar-refractivity contribution in [3.8, 4) is 0 Å². The van der Waals surface area contributed by atoms with Crippen LogP contribution in [0.25, 0.3) is 0 Å². The van der Waals surface area contributed by atoms with Gasteiger partial charge in [0.2, 0.25) is 11.8 Å². The van der Waals surface area contributed by atoms with Gasteiger partial charge in [-0.3, -0.25) is 15.0 Å². The fraction of sp³-hybridized carbons (Fsp3) is 0.636. The summed E-state index contributed by atoms with van der Waals surface area (Å²) in [4.78, 5) is 28.4. The summed E-state index contributed by atoms with van der Waals surface area (Å²) >= 11 is 0.910. The van der Waals surface area contributed by atoms with Gasteiger partial charge in [-0.15, -0.1) is 0 Å². The van der Waals surface area contributed by atoms with Gasteiger partial charge in [0.15, 0.2) is 11.1 Å². The molecule has 8 nitrogen and oxygen atoms in total. The van der Waals surface area contributed by atoms with E-state index >= 15 is 0 Å². The topological polar surface area (TPSA) is 138 Å². The van der Waals surface area contributed by atoms with Gasteiger partial charge >= 0.3 is 0 Å². The second-order valence-electron chi connectivity index (χ2n) is 4.26. The molecule has 0 fully saturated rings. The summed E-state index contributed by atoms with van der Waals surface area (Å²) in [6.07, 6.45) is 0. The van der Waals surface area contributed by atoms with Crippen LogP contribution in [0.2, 0.25) is 0 Å². The Morgan fingerprint density at radius 1 is 1.40 bits per heavy atom. The maximum absolute atomic E-state index is 11.9. The first-order valence-electron chi connectivity index (χ1n) is 6.14. The Labute approximate surface area is 122 Å². The van der Waals surface area contributed by atoms with Crippen LogP contribution >= 0.6 is 11.8 Å². The molecule has 0 aliphatic rings. The van der Waals surface area contributed by atoms with Crippen LogP contribution < -0.4 is 16.8 Å². The Balaban J connectivity index is 4.31. The summed E-state index contributed by atoms with van der Waals surface area (Å²) in [6.45, 7) is 5.90. The first kappa shape index (κ1) is 18.2. The first-order valence-corrected chi connectivity index (χ1v) is 7.12. The van der Waals surface area contributed by atoms with Gasteiger partial charge in [-0.1, -0.05) is 11.8 Å². The number of aliphatic imine (C=N–C) groups is 1. The van der Waals surface area contributed by atoms with E-state index in [-0.39, 0.29) is 41.3 Å². The molecule has 0 radical (unpaired) electrons. The molecule has 0 aliphatic carbocycles. The lowest BCUT2D eigenvalue weighted by Gasteiger charge is -2.20. The van der Waals surface area contributed by atoms with Gasteiger partial charge in [0.05, 0.1) is 12.3 Å². The highest BCUT2D eigenvalue weighted by atomic mass is 32.2. The van der Waals surface area contributed by atoms with E-state index in [1.807, 2.05) is 13.8 Å². The van der Waals surface area contributed by atoms with Crippen LogP contribution in [0.1, 0.15) is 20.8 Å². The second-order valence-corrected chi connectivity index (χ2v) is 5.22. The van der Waals surface area contributed by atoms with Gasteiger partial charge in [0, 0.05) is 12.6 Å². The molecule has 0 saturated carbocycles. The molecule has 0 unspecified atom stereocenters. The predicted octanol–water partition coefficient (Wildman–Crippen LogP) is -0.699.